The van der Waals surface area contributed by atoms with Gasteiger partial charge in [0.25, 0.3) is 5.91 Å². The van der Waals surface area contributed by atoms with Crippen LogP contribution in [-0.4, -0.2) is 40.5 Å². The van der Waals surface area contributed by atoms with Gasteiger partial charge in [-0.25, -0.2) is 9.97 Å². The molecule has 6 heteroatoms. The molecule has 1 atom stereocenters. The highest BCUT2D eigenvalue weighted by Crippen LogP contribution is 2.30. The van der Waals surface area contributed by atoms with Crippen molar-refractivity contribution >= 4 is 17.2 Å². The minimum atomic E-state index is 0.0475. The molecular weight excluding hydrogens is 310 g/mol. The Morgan fingerprint density at radius 2 is 2.39 bits per heavy atom. The quantitative estimate of drug-likeness (QED) is 0.863. The van der Waals surface area contributed by atoms with Gasteiger partial charge >= 0.3 is 0 Å². The first-order valence-corrected chi connectivity index (χ1v) is 8.85. The summed E-state index contributed by atoms with van der Waals surface area (Å²) in [7, 11) is 0. The molecule has 2 aromatic rings. The van der Waals surface area contributed by atoms with Crippen molar-refractivity contribution in [1.29, 1.82) is 0 Å². The summed E-state index contributed by atoms with van der Waals surface area (Å²) in [6.07, 6.45) is 3.74. The molecule has 0 unspecified atom stereocenters. The number of aromatic nitrogens is 2. The summed E-state index contributed by atoms with van der Waals surface area (Å²) in [4.78, 5) is 23.4. The molecule has 0 aromatic carbocycles. The number of carbonyl (C=O) groups is 1. The maximum absolute atomic E-state index is 12.8. The van der Waals surface area contributed by atoms with E-state index in [4.69, 9.17) is 4.74 Å². The third-order valence-corrected chi connectivity index (χ3v) is 5.09. The molecule has 3 rings (SSSR count). The molecule has 1 saturated heterocycles. The van der Waals surface area contributed by atoms with Crippen LogP contribution in [0, 0.1) is 6.92 Å². The molecule has 0 spiro atoms. The van der Waals surface area contributed by atoms with Gasteiger partial charge in [0.1, 0.15) is 0 Å². The van der Waals surface area contributed by atoms with Gasteiger partial charge in [-0.05, 0) is 32.8 Å². The number of carbonyl (C=O) groups excluding carboxylic acids is 1. The summed E-state index contributed by atoms with van der Waals surface area (Å²) in [5.41, 5.74) is 1.70. The summed E-state index contributed by atoms with van der Waals surface area (Å²) < 4.78 is 5.39. The lowest BCUT2D eigenvalue weighted by atomic mass is 9.98. The van der Waals surface area contributed by atoms with Crippen molar-refractivity contribution in [3.63, 3.8) is 0 Å². The summed E-state index contributed by atoms with van der Waals surface area (Å²) in [5, 5.41) is 3.22. The van der Waals surface area contributed by atoms with Gasteiger partial charge in [0.05, 0.1) is 11.6 Å². The Hall–Kier alpha value is -1.95. The van der Waals surface area contributed by atoms with E-state index in [9.17, 15) is 4.79 Å². The van der Waals surface area contributed by atoms with Crippen molar-refractivity contribution in [1.82, 2.24) is 14.9 Å². The zero-order chi connectivity index (χ0) is 16.2. The fourth-order valence-corrected chi connectivity index (χ4v) is 3.80. The Kier molecular flexibility index (Phi) is 4.91. The first-order valence-electron chi connectivity index (χ1n) is 7.97. The molecule has 1 aliphatic heterocycles. The smallest absolute Gasteiger partial charge is 0.254 e. The Bertz CT molecular complexity index is 686. The average molecular weight is 331 g/mol. The molecule has 3 heterocycles. The van der Waals surface area contributed by atoms with Crippen LogP contribution in [-0.2, 0) is 0 Å². The lowest BCUT2D eigenvalue weighted by Crippen LogP contribution is -2.39. The Morgan fingerprint density at radius 3 is 3.13 bits per heavy atom. The molecule has 1 aliphatic rings. The first-order chi connectivity index (χ1) is 11.2. The molecule has 0 N–H and O–H groups in total. The van der Waals surface area contributed by atoms with Gasteiger partial charge < -0.3 is 9.64 Å². The van der Waals surface area contributed by atoms with E-state index >= 15 is 0 Å². The molecule has 0 aliphatic carbocycles. The fourth-order valence-electron chi connectivity index (χ4n) is 2.87. The number of nitrogens with zero attached hydrogens (tertiary/aromatic N) is 3. The van der Waals surface area contributed by atoms with E-state index in [0.717, 1.165) is 36.6 Å². The van der Waals surface area contributed by atoms with Gasteiger partial charge in [-0.3, -0.25) is 4.79 Å². The third-order valence-electron chi connectivity index (χ3n) is 3.97. The van der Waals surface area contributed by atoms with Crippen LogP contribution in [0.2, 0.25) is 0 Å². The molecule has 5 nitrogen and oxygen atoms in total. The lowest BCUT2D eigenvalue weighted by molar-refractivity contribution is 0.0706. The minimum absolute atomic E-state index is 0.0475. The van der Waals surface area contributed by atoms with Crippen LogP contribution in [0.25, 0.3) is 0 Å². The third kappa shape index (κ3) is 3.69. The molecule has 2 aromatic heterocycles. The number of piperidine rings is 1. The SMILES string of the molecule is CCOc1cc(C(=O)N2CCC[C@H](c3nc(C)cs3)C2)ccn1. The summed E-state index contributed by atoms with van der Waals surface area (Å²) in [5.74, 6) is 0.897. The van der Waals surface area contributed by atoms with Crippen LogP contribution in [0.15, 0.2) is 23.7 Å². The van der Waals surface area contributed by atoms with Crippen LogP contribution >= 0.6 is 11.3 Å². The molecule has 1 amide bonds. The summed E-state index contributed by atoms with van der Waals surface area (Å²) in [6.45, 7) is 5.99. The number of pyridine rings is 1. The zero-order valence-electron chi connectivity index (χ0n) is 13.5. The van der Waals surface area contributed by atoms with Crippen LogP contribution in [0.3, 0.4) is 0 Å². The molecule has 1 fully saturated rings. The summed E-state index contributed by atoms with van der Waals surface area (Å²) in [6, 6.07) is 3.48. The maximum atomic E-state index is 12.8. The standard InChI is InChI=1S/C17H21N3O2S/c1-3-22-15-9-13(6-7-18-15)17(21)20-8-4-5-14(10-20)16-19-12(2)11-23-16/h6-7,9,11,14H,3-5,8,10H2,1-2H3/t14-/m0/s1. The van der Waals surface area contributed by atoms with Crippen molar-refractivity contribution in [3.05, 3.63) is 40.0 Å². The van der Waals surface area contributed by atoms with Crippen LogP contribution in [0.4, 0.5) is 0 Å². The van der Waals surface area contributed by atoms with Crippen LogP contribution < -0.4 is 4.74 Å². The number of aryl methyl sites for hydroxylation is 1. The predicted molar refractivity (Wildman–Crippen MR) is 90.1 cm³/mol. The highest BCUT2D eigenvalue weighted by atomic mass is 32.1. The number of likely N-dealkylation sites (tertiary alicyclic amines) is 1. The largest absolute Gasteiger partial charge is 0.478 e. The van der Waals surface area contributed by atoms with Gasteiger partial charge in [-0.15, -0.1) is 11.3 Å². The van der Waals surface area contributed by atoms with Crippen molar-refractivity contribution < 1.29 is 9.53 Å². The maximum Gasteiger partial charge on any atom is 0.254 e. The Labute approximate surface area is 140 Å². The van der Waals surface area contributed by atoms with Crippen molar-refractivity contribution in [2.45, 2.75) is 32.6 Å². The van der Waals surface area contributed by atoms with E-state index in [0.29, 0.717) is 24.0 Å². The van der Waals surface area contributed by atoms with E-state index < -0.39 is 0 Å². The predicted octanol–water partition coefficient (Wildman–Crippen LogP) is 3.27. The van der Waals surface area contributed by atoms with E-state index in [-0.39, 0.29) is 5.91 Å². The van der Waals surface area contributed by atoms with Gasteiger partial charge in [0, 0.05) is 47.9 Å². The second kappa shape index (κ2) is 7.08. The van der Waals surface area contributed by atoms with Crippen molar-refractivity contribution in [2.75, 3.05) is 19.7 Å². The monoisotopic (exact) mass is 331 g/mol. The first kappa shape index (κ1) is 15.9. The van der Waals surface area contributed by atoms with Gasteiger partial charge in [0.15, 0.2) is 0 Å². The molecule has 0 radical (unpaired) electrons. The topological polar surface area (TPSA) is 55.3 Å². The van der Waals surface area contributed by atoms with E-state index in [2.05, 4.69) is 15.3 Å². The number of ether oxygens (including phenoxy) is 1. The average Bonchev–Trinajstić information content (AvgIpc) is 3.01. The van der Waals surface area contributed by atoms with Gasteiger partial charge in [-0.2, -0.15) is 0 Å². The summed E-state index contributed by atoms with van der Waals surface area (Å²) >= 11 is 1.70. The van der Waals surface area contributed by atoms with Crippen LogP contribution in [0.5, 0.6) is 5.88 Å². The molecular formula is C17H21N3O2S. The minimum Gasteiger partial charge on any atom is -0.478 e. The van der Waals surface area contributed by atoms with E-state index in [1.54, 1.807) is 29.7 Å². The second-order valence-electron chi connectivity index (χ2n) is 5.73. The highest BCUT2D eigenvalue weighted by Gasteiger charge is 2.27. The highest BCUT2D eigenvalue weighted by molar-refractivity contribution is 7.09. The molecule has 0 saturated carbocycles. The van der Waals surface area contributed by atoms with Crippen LogP contribution in [0.1, 0.15) is 46.7 Å². The number of thiazole rings is 1. The van der Waals surface area contributed by atoms with Gasteiger partial charge in [-0.1, -0.05) is 0 Å². The number of amides is 1. The number of hydrogen-bond acceptors (Lipinski definition) is 5. The van der Waals surface area contributed by atoms with Gasteiger partial charge in [0.2, 0.25) is 5.88 Å². The van der Waals surface area contributed by atoms with E-state index in [1.165, 1.54) is 0 Å². The zero-order valence-corrected chi connectivity index (χ0v) is 14.3. The lowest BCUT2D eigenvalue weighted by Gasteiger charge is -2.32. The fraction of sp³-hybridized carbons (Fsp3) is 0.471. The Morgan fingerprint density at radius 1 is 1.52 bits per heavy atom. The number of hydrogen-bond donors (Lipinski definition) is 0. The van der Waals surface area contributed by atoms with Crippen molar-refractivity contribution in [2.24, 2.45) is 0 Å². The van der Waals surface area contributed by atoms with Crippen molar-refractivity contribution in [3.8, 4) is 5.88 Å². The normalized spacial score (nSPS) is 18.0. The Balaban J connectivity index is 1.73. The number of rotatable bonds is 4. The van der Waals surface area contributed by atoms with E-state index in [1.807, 2.05) is 18.7 Å². The molecule has 122 valence electrons. The molecule has 23 heavy (non-hydrogen) atoms. The molecule has 0 bridgehead atoms. The second-order valence-corrected chi connectivity index (χ2v) is 6.62.